The molecule has 108 valence electrons. The fourth-order valence-corrected chi connectivity index (χ4v) is 3.20. The highest BCUT2D eigenvalue weighted by Gasteiger charge is 2.49. The van der Waals surface area contributed by atoms with Crippen LogP contribution in [0.25, 0.3) is 0 Å². The number of nitrogens with two attached hydrogens (primary N) is 1. The second-order valence-electron chi connectivity index (χ2n) is 4.79. The van der Waals surface area contributed by atoms with Crippen molar-refractivity contribution in [3.63, 3.8) is 0 Å². The number of amides is 1. The number of ether oxygens (including phenoxy) is 1. The molecule has 2 heterocycles. The van der Waals surface area contributed by atoms with Gasteiger partial charge in [-0.15, -0.1) is 0 Å². The minimum atomic E-state index is -1.12. The van der Waals surface area contributed by atoms with Crippen molar-refractivity contribution in [2.24, 2.45) is 10.7 Å². The number of hydrogen-bond acceptors (Lipinski definition) is 5. The number of benzene rings is 1. The topological polar surface area (TPSA) is 67.9 Å². The zero-order valence-electron chi connectivity index (χ0n) is 11.7. The second-order valence-corrected chi connectivity index (χ2v) is 5.57. The Hall–Kier alpha value is -2.34. The molecule has 1 aromatic heterocycles. The SMILES string of the molecule is COc1cccc(C2(c3ccsc3)N=C(N)N(C)C2=O)c1. The van der Waals surface area contributed by atoms with E-state index in [1.165, 1.54) is 16.2 Å². The molecule has 2 N–H and O–H groups in total. The molecule has 0 bridgehead atoms. The Bertz CT molecular complexity index is 711. The highest BCUT2D eigenvalue weighted by Crippen LogP contribution is 2.40. The van der Waals surface area contributed by atoms with Crippen molar-refractivity contribution >= 4 is 23.2 Å². The van der Waals surface area contributed by atoms with Crippen LogP contribution < -0.4 is 10.5 Å². The molecule has 0 radical (unpaired) electrons. The molecule has 0 fully saturated rings. The summed E-state index contributed by atoms with van der Waals surface area (Å²) in [5.41, 5.74) is 6.33. The van der Waals surface area contributed by atoms with Crippen molar-refractivity contribution in [1.82, 2.24) is 4.90 Å². The van der Waals surface area contributed by atoms with Crippen molar-refractivity contribution in [2.45, 2.75) is 5.54 Å². The van der Waals surface area contributed by atoms with Gasteiger partial charge in [0.05, 0.1) is 7.11 Å². The summed E-state index contributed by atoms with van der Waals surface area (Å²) in [6, 6.07) is 9.28. The van der Waals surface area contributed by atoms with Crippen LogP contribution in [0.3, 0.4) is 0 Å². The van der Waals surface area contributed by atoms with Crippen molar-refractivity contribution in [3.8, 4) is 5.75 Å². The Morgan fingerprint density at radius 3 is 2.71 bits per heavy atom. The summed E-state index contributed by atoms with van der Waals surface area (Å²) >= 11 is 1.52. The normalized spacial score (nSPS) is 21.5. The fourth-order valence-electron chi connectivity index (χ4n) is 2.50. The lowest BCUT2D eigenvalue weighted by Crippen LogP contribution is -2.40. The maximum Gasteiger partial charge on any atom is 0.266 e. The molecule has 1 unspecified atom stereocenters. The van der Waals surface area contributed by atoms with E-state index >= 15 is 0 Å². The standard InChI is InChI=1S/C15H15N3O2S/c1-18-13(19)15(17-14(18)16,11-6-7-21-9-11)10-4-3-5-12(8-10)20-2/h3-9H,1-2H3,(H2,16,17). The van der Waals surface area contributed by atoms with Crippen LogP contribution in [0.1, 0.15) is 11.1 Å². The highest BCUT2D eigenvalue weighted by atomic mass is 32.1. The van der Waals surface area contributed by atoms with Gasteiger partial charge in [-0.1, -0.05) is 12.1 Å². The third-order valence-corrected chi connectivity index (χ3v) is 4.35. The summed E-state index contributed by atoms with van der Waals surface area (Å²) in [6.07, 6.45) is 0. The molecule has 0 aliphatic carbocycles. The van der Waals surface area contributed by atoms with Gasteiger partial charge in [-0.3, -0.25) is 9.69 Å². The van der Waals surface area contributed by atoms with Crippen molar-refractivity contribution in [2.75, 3.05) is 14.2 Å². The predicted octanol–water partition coefficient (Wildman–Crippen LogP) is 1.79. The molecule has 1 aromatic carbocycles. The van der Waals surface area contributed by atoms with E-state index in [0.29, 0.717) is 5.75 Å². The molecule has 3 rings (SSSR count). The van der Waals surface area contributed by atoms with Crippen LogP contribution in [-0.4, -0.2) is 30.9 Å². The van der Waals surface area contributed by atoms with Gasteiger partial charge in [0, 0.05) is 12.6 Å². The molecule has 0 spiro atoms. The number of aliphatic imine (C=N–C) groups is 1. The predicted molar refractivity (Wildman–Crippen MR) is 82.5 cm³/mol. The summed E-state index contributed by atoms with van der Waals surface area (Å²) in [5, 5.41) is 3.85. The molecular weight excluding hydrogens is 286 g/mol. The average Bonchev–Trinajstić information content (AvgIpc) is 3.11. The Balaban J connectivity index is 2.26. The molecule has 0 saturated heterocycles. The summed E-state index contributed by atoms with van der Waals surface area (Å²) in [5.74, 6) is 0.735. The van der Waals surface area contributed by atoms with Crippen LogP contribution >= 0.6 is 11.3 Å². The molecule has 2 aromatic rings. The van der Waals surface area contributed by atoms with Crippen LogP contribution in [0.4, 0.5) is 0 Å². The van der Waals surface area contributed by atoms with E-state index in [2.05, 4.69) is 4.99 Å². The van der Waals surface area contributed by atoms with E-state index in [1.807, 2.05) is 41.1 Å². The first kappa shape index (κ1) is 13.6. The van der Waals surface area contributed by atoms with E-state index < -0.39 is 5.54 Å². The van der Waals surface area contributed by atoms with Gasteiger partial charge in [-0.2, -0.15) is 11.3 Å². The van der Waals surface area contributed by atoms with Crippen LogP contribution in [0, 0.1) is 0 Å². The minimum absolute atomic E-state index is 0.161. The van der Waals surface area contributed by atoms with Gasteiger partial charge in [-0.25, -0.2) is 4.99 Å². The van der Waals surface area contributed by atoms with E-state index in [-0.39, 0.29) is 11.9 Å². The number of carbonyl (C=O) groups excluding carboxylic acids is 1. The molecular formula is C15H15N3O2S. The van der Waals surface area contributed by atoms with E-state index in [4.69, 9.17) is 10.5 Å². The summed E-state index contributed by atoms with van der Waals surface area (Å²) < 4.78 is 5.26. The van der Waals surface area contributed by atoms with Gasteiger partial charge < -0.3 is 10.5 Å². The lowest BCUT2D eigenvalue weighted by molar-refractivity contribution is -0.129. The summed E-state index contributed by atoms with van der Waals surface area (Å²) in [6.45, 7) is 0. The third kappa shape index (κ3) is 1.91. The molecule has 5 nitrogen and oxygen atoms in total. The lowest BCUT2D eigenvalue weighted by atomic mass is 9.84. The lowest BCUT2D eigenvalue weighted by Gasteiger charge is -2.25. The highest BCUT2D eigenvalue weighted by molar-refractivity contribution is 7.08. The maximum atomic E-state index is 12.8. The first-order valence-corrected chi connectivity index (χ1v) is 7.34. The molecule has 6 heteroatoms. The average molecular weight is 301 g/mol. The number of nitrogens with zero attached hydrogens (tertiary/aromatic N) is 2. The number of carbonyl (C=O) groups is 1. The van der Waals surface area contributed by atoms with Crippen molar-refractivity contribution in [3.05, 3.63) is 52.2 Å². The Morgan fingerprint density at radius 1 is 1.33 bits per heavy atom. The first-order valence-electron chi connectivity index (χ1n) is 6.40. The largest absolute Gasteiger partial charge is 0.497 e. The third-order valence-electron chi connectivity index (χ3n) is 3.67. The quantitative estimate of drug-likeness (QED) is 0.939. The molecule has 1 amide bonds. The number of likely N-dealkylation sites (N-methyl/N-ethyl adjacent to an activating group) is 1. The molecule has 1 atom stereocenters. The molecule has 0 saturated carbocycles. The maximum absolute atomic E-state index is 12.8. The first-order chi connectivity index (χ1) is 10.1. The zero-order valence-corrected chi connectivity index (χ0v) is 12.6. The second kappa shape index (κ2) is 4.89. The van der Waals surface area contributed by atoms with Gasteiger partial charge in [0.2, 0.25) is 0 Å². The number of rotatable bonds is 3. The van der Waals surface area contributed by atoms with Crippen molar-refractivity contribution in [1.29, 1.82) is 0 Å². The molecule has 21 heavy (non-hydrogen) atoms. The number of methoxy groups -OCH3 is 1. The van der Waals surface area contributed by atoms with Crippen LogP contribution in [0.15, 0.2) is 46.1 Å². The van der Waals surface area contributed by atoms with Gasteiger partial charge in [0.1, 0.15) is 5.75 Å². The zero-order chi connectivity index (χ0) is 15.0. The Kier molecular flexibility index (Phi) is 3.17. The van der Waals surface area contributed by atoms with Crippen LogP contribution in [-0.2, 0) is 10.3 Å². The van der Waals surface area contributed by atoms with Crippen molar-refractivity contribution < 1.29 is 9.53 Å². The Morgan fingerprint density at radius 2 is 2.14 bits per heavy atom. The van der Waals surface area contributed by atoms with Gasteiger partial charge in [0.15, 0.2) is 11.5 Å². The van der Waals surface area contributed by atoms with Gasteiger partial charge in [0.25, 0.3) is 5.91 Å². The van der Waals surface area contributed by atoms with Crippen LogP contribution in [0.2, 0.25) is 0 Å². The molecule has 1 aliphatic heterocycles. The summed E-state index contributed by atoms with van der Waals surface area (Å²) in [7, 11) is 3.23. The minimum Gasteiger partial charge on any atom is -0.497 e. The number of thiophene rings is 1. The van der Waals surface area contributed by atoms with Crippen LogP contribution in [0.5, 0.6) is 5.75 Å². The monoisotopic (exact) mass is 301 g/mol. The Labute approximate surface area is 126 Å². The summed E-state index contributed by atoms with van der Waals surface area (Å²) in [4.78, 5) is 18.7. The van der Waals surface area contributed by atoms with Gasteiger partial charge >= 0.3 is 0 Å². The number of hydrogen-bond donors (Lipinski definition) is 1. The van der Waals surface area contributed by atoms with E-state index in [9.17, 15) is 4.79 Å². The van der Waals surface area contributed by atoms with E-state index in [1.54, 1.807) is 14.2 Å². The van der Waals surface area contributed by atoms with Gasteiger partial charge in [-0.05, 0) is 34.5 Å². The fraction of sp³-hybridized carbons (Fsp3) is 0.200. The van der Waals surface area contributed by atoms with E-state index in [0.717, 1.165) is 11.1 Å². The molecule has 1 aliphatic rings. The number of guanidine groups is 1. The smallest absolute Gasteiger partial charge is 0.266 e.